The van der Waals surface area contributed by atoms with Gasteiger partial charge in [-0.3, -0.25) is 4.68 Å². The lowest BCUT2D eigenvalue weighted by Crippen LogP contribution is -2.34. The largest absolute Gasteiger partial charge is 0.309 e. The molecule has 0 aliphatic heterocycles. The number of aryl methyl sites for hydroxylation is 1. The van der Waals surface area contributed by atoms with E-state index in [0.717, 1.165) is 28.4 Å². The van der Waals surface area contributed by atoms with Gasteiger partial charge in [-0.1, -0.05) is 18.2 Å². The first-order chi connectivity index (χ1) is 14.1. The fourth-order valence-electron chi connectivity index (χ4n) is 4.39. The molecule has 0 unspecified atom stereocenters. The fourth-order valence-corrected chi connectivity index (χ4v) is 5.08. The Labute approximate surface area is 175 Å². The minimum absolute atomic E-state index is 0.542. The van der Waals surface area contributed by atoms with Gasteiger partial charge in [0.25, 0.3) is 0 Å². The van der Waals surface area contributed by atoms with Gasteiger partial charge in [0.05, 0.1) is 27.8 Å². The van der Waals surface area contributed by atoms with Gasteiger partial charge in [0.15, 0.2) is 0 Å². The van der Waals surface area contributed by atoms with Crippen LogP contribution in [0.5, 0.6) is 0 Å². The number of aromatic nitrogens is 3. The molecule has 148 valence electrons. The average Bonchev–Trinajstić information content (AvgIpc) is 3.35. The maximum absolute atomic E-state index is 4.94. The number of thiophene rings is 1. The Bertz CT molecular complexity index is 1140. The van der Waals surface area contributed by atoms with Crippen molar-refractivity contribution in [2.24, 2.45) is 5.92 Å². The zero-order valence-electron chi connectivity index (χ0n) is 17.2. The minimum atomic E-state index is 0.542. The van der Waals surface area contributed by atoms with Crippen molar-refractivity contribution in [1.82, 2.24) is 19.7 Å². The standard InChI is InChI=1S/C24H26N4S/c1-16-11-23(24-5-4-10-29-24)25-22-14-18(6-7-20(16)22)21-8-9-28(26-21)19-12-17(13-19)15-27(2)3/h4-11,14,17,19H,12-13,15H2,1-3H3. The normalized spacial score (nSPS) is 19.0. The van der Waals surface area contributed by atoms with Gasteiger partial charge in [-0.05, 0) is 75.0 Å². The molecule has 4 nitrogen and oxygen atoms in total. The average molecular weight is 403 g/mol. The molecule has 0 atom stereocenters. The molecular weight excluding hydrogens is 376 g/mol. The molecule has 1 saturated carbocycles. The predicted molar refractivity (Wildman–Crippen MR) is 121 cm³/mol. The van der Waals surface area contributed by atoms with Gasteiger partial charge in [0.1, 0.15) is 0 Å². The van der Waals surface area contributed by atoms with Crippen LogP contribution in [0.1, 0.15) is 24.4 Å². The maximum atomic E-state index is 4.94. The zero-order valence-corrected chi connectivity index (χ0v) is 18.0. The van der Waals surface area contributed by atoms with Gasteiger partial charge in [-0.2, -0.15) is 5.10 Å². The van der Waals surface area contributed by atoms with Gasteiger partial charge in [0, 0.05) is 23.7 Å². The lowest BCUT2D eigenvalue weighted by Gasteiger charge is -2.36. The summed E-state index contributed by atoms with van der Waals surface area (Å²) < 4.78 is 2.16. The molecule has 0 bridgehead atoms. The van der Waals surface area contributed by atoms with Crippen molar-refractivity contribution in [3.8, 4) is 21.8 Å². The van der Waals surface area contributed by atoms with Crippen LogP contribution in [0.2, 0.25) is 0 Å². The highest BCUT2D eigenvalue weighted by molar-refractivity contribution is 7.13. The van der Waals surface area contributed by atoms with E-state index in [2.05, 4.69) is 84.6 Å². The molecule has 0 radical (unpaired) electrons. The monoisotopic (exact) mass is 402 g/mol. The number of fused-ring (bicyclic) bond motifs is 1. The Hall–Kier alpha value is -2.50. The summed E-state index contributed by atoms with van der Waals surface area (Å²) in [6, 6.07) is 15.6. The summed E-state index contributed by atoms with van der Waals surface area (Å²) >= 11 is 1.73. The first kappa shape index (κ1) is 18.5. The molecule has 0 amide bonds. The van der Waals surface area contributed by atoms with Crippen LogP contribution < -0.4 is 0 Å². The van der Waals surface area contributed by atoms with E-state index < -0.39 is 0 Å². The molecule has 1 aliphatic rings. The maximum Gasteiger partial charge on any atom is 0.0924 e. The van der Waals surface area contributed by atoms with Gasteiger partial charge in [0.2, 0.25) is 0 Å². The van der Waals surface area contributed by atoms with E-state index in [4.69, 9.17) is 10.1 Å². The third-order valence-electron chi connectivity index (χ3n) is 5.90. The molecule has 5 heteroatoms. The third kappa shape index (κ3) is 3.61. The van der Waals surface area contributed by atoms with E-state index in [1.165, 1.54) is 35.2 Å². The second-order valence-electron chi connectivity index (χ2n) is 8.47. The highest BCUT2D eigenvalue weighted by atomic mass is 32.1. The molecule has 3 heterocycles. The van der Waals surface area contributed by atoms with Crippen LogP contribution in [0, 0.1) is 12.8 Å². The van der Waals surface area contributed by atoms with Gasteiger partial charge in [-0.15, -0.1) is 11.3 Å². The second kappa shape index (κ2) is 7.39. The molecule has 5 rings (SSSR count). The number of hydrogen-bond acceptors (Lipinski definition) is 4. The zero-order chi connectivity index (χ0) is 20.0. The summed E-state index contributed by atoms with van der Waals surface area (Å²) in [5.74, 6) is 0.797. The van der Waals surface area contributed by atoms with Gasteiger partial charge >= 0.3 is 0 Å². The van der Waals surface area contributed by atoms with E-state index in [9.17, 15) is 0 Å². The van der Waals surface area contributed by atoms with E-state index in [0.29, 0.717) is 6.04 Å². The highest BCUT2D eigenvalue weighted by Gasteiger charge is 2.31. The number of rotatable bonds is 5. The van der Waals surface area contributed by atoms with Crippen LogP contribution in [0.15, 0.2) is 54.0 Å². The molecule has 1 aromatic carbocycles. The Kier molecular flexibility index (Phi) is 4.72. The molecule has 1 fully saturated rings. The van der Waals surface area contributed by atoms with Crippen molar-refractivity contribution >= 4 is 22.2 Å². The van der Waals surface area contributed by atoms with Crippen molar-refractivity contribution in [2.75, 3.05) is 20.6 Å². The Morgan fingerprint density at radius 2 is 1.97 bits per heavy atom. The quantitative estimate of drug-likeness (QED) is 0.433. The van der Waals surface area contributed by atoms with Crippen LogP contribution in [0.4, 0.5) is 0 Å². The number of nitrogens with zero attached hydrogens (tertiary/aromatic N) is 4. The Morgan fingerprint density at radius 3 is 2.72 bits per heavy atom. The predicted octanol–water partition coefficient (Wildman–Crippen LogP) is 5.65. The fraction of sp³-hybridized carbons (Fsp3) is 0.333. The Morgan fingerprint density at radius 1 is 1.10 bits per heavy atom. The van der Waals surface area contributed by atoms with Crippen LogP contribution >= 0.6 is 11.3 Å². The van der Waals surface area contributed by atoms with Gasteiger partial charge in [-0.25, -0.2) is 4.98 Å². The minimum Gasteiger partial charge on any atom is -0.309 e. The van der Waals surface area contributed by atoms with E-state index in [1.807, 2.05) is 0 Å². The molecule has 4 aromatic rings. The van der Waals surface area contributed by atoms with Gasteiger partial charge < -0.3 is 4.90 Å². The summed E-state index contributed by atoms with van der Waals surface area (Å²) in [6.07, 6.45) is 4.58. The van der Waals surface area contributed by atoms with Crippen molar-refractivity contribution in [2.45, 2.75) is 25.8 Å². The number of hydrogen-bond donors (Lipinski definition) is 0. The molecule has 0 N–H and O–H groups in total. The summed E-state index contributed by atoms with van der Waals surface area (Å²) in [5.41, 5.74) is 5.51. The summed E-state index contributed by atoms with van der Waals surface area (Å²) in [7, 11) is 4.30. The number of pyridine rings is 1. The second-order valence-corrected chi connectivity index (χ2v) is 9.42. The first-order valence-corrected chi connectivity index (χ1v) is 11.1. The molecule has 0 saturated heterocycles. The molecule has 29 heavy (non-hydrogen) atoms. The molecular formula is C24H26N4S. The summed E-state index contributed by atoms with van der Waals surface area (Å²) in [4.78, 5) is 8.43. The lowest BCUT2D eigenvalue weighted by atomic mass is 9.80. The van der Waals surface area contributed by atoms with Crippen LogP contribution in [0.25, 0.3) is 32.7 Å². The third-order valence-corrected chi connectivity index (χ3v) is 6.80. The Balaban J connectivity index is 1.42. The molecule has 1 aliphatic carbocycles. The molecule has 3 aromatic heterocycles. The SMILES string of the molecule is Cc1cc(-c2cccs2)nc2cc(-c3ccn(C4CC(CN(C)C)C4)n3)ccc12. The summed E-state index contributed by atoms with van der Waals surface area (Å²) in [5, 5.41) is 8.20. The van der Waals surface area contributed by atoms with Crippen molar-refractivity contribution < 1.29 is 0 Å². The summed E-state index contributed by atoms with van der Waals surface area (Å²) in [6.45, 7) is 3.34. The van der Waals surface area contributed by atoms with Crippen molar-refractivity contribution in [3.05, 3.63) is 59.6 Å². The van der Waals surface area contributed by atoms with Crippen LogP contribution in [-0.4, -0.2) is 40.3 Å². The van der Waals surface area contributed by atoms with Crippen LogP contribution in [-0.2, 0) is 0 Å². The highest BCUT2D eigenvalue weighted by Crippen LogP contribution is 2.38. The van der Waals surface area contributed by atoms with Crippen molar-refractivity contribution in [3.63, 3.8) is 0 Å². The van der Waals surface area contributed by atoms with Crippen LogP contribution in [0.3, 0.4) is 0 Å². The lowest BCUT2D eigenvalue weighted by molar-refractivity contribution is 0.146. The van der Waals surface area contributed by atoms with E-state index in [1.54, 1.807) is 11.3 Å². The first-order valence-electron chi connectivity index (χ1n) is 10.2. The number of benzene rings is 1. The molecule has 0 spiro atoms. The van der Waals surface area contributed by atoms with Crippen molar-refractivity contribution in [1.29, 1.82) is 0 Å². The topological polar surface area (TPSA) is 34.0 Å². The van der Waals surface area contributed by atoms with E-state index in [-0.39, 0.29) is 0 Å². The smallest absolute Gasteiger partial charge is 0.0924 e. The van der Waals surface area contributed by atoms with E-state index >= 15 is 0 Å².